The second-order valence-electron chi connectivity index (χ2n) is 2.79. The zero-order valence-corrected chi connectivity index (χ0v) is 9.43. The molecular weight excluding hydrogens is 251 g/mol. The second-order valence-corrected chi connectivity index (χ2v) is 4.05. The van der Waals surface area contributed by atoms with Crippen molar-refractivity contribution in [3.05, 3.63) is 28.0 Å². The summed E-state index contributed by atoms with van der Waals surface area (Å²) in [6.45, 7) is 2.99. The van der Waals surface area contributed by atoms with Gasteiger partial charge in [0.25, 0.3) is 0 Å². The van der Waals surface area contributed by atoms with Gasteiger partial charge in [-0.15, -0.1) is 0 Å². The summed E-state index contributed by atoms with van der Waals surface area (Å²) < 4.78 is 2.95. The van der Waals surface area contributed by atoms with Gasteiger partial charge in [-0.3, -0.25) is 0 Å². The lowest BCUT2D eigenvalue weighted by Crippen LogP contribution is -1.90. The lowest BCUT2D eigenvalue weighted by Gasteiger charge is -2.00. The monoisotopic (exact) mass is 258 g/mol. The number of aryl methyl sites for hydroxylation is 1. The Morgan fingerprint density at radius 3 is 3.00 bits per heavy atom. The maximum Gasteiger partial charge on any atom is 0.0958 e. The highest BCUT2D eigenvalue weighted by Crippen LogP contribution is 2.27. The summed E-state index contributed by atoms with van der Waals surface area (Å²) in [7, 11) is 0. The number of benzene rings is 1. The summed E-state index contributed by atoms with van der Waals surface area (Å²) in [5.74, 6) is 0. The third-order valence-corrected chi connectivity index (χ3v) is 3.20. The van der Waals surface area contributed by atoms with Crippen molar-refractivity contribution in [3.8, 4) is 0 Å². The van der Waals surface area contributed by atoms with E-state index in [-0.39, 0.29) is 0 Å². The van der Waals surface area contributed by atoms with Crippen LogP contribution in [0.5, 0.6) is 0 Å². The third-order valence-electron chi connectivity index (χ3n) is 2.00. The van der Waals surface area contributed by atoms with Gasteiger partial charge in [-0.05, 0) is 35.0 Å². The van der Waals surface area contributed by atoms with Crippen LogP contribution in [0.3, 0.4) is 0 Å². The molecule has 2 rings (SSSR count). The molecule has 2 aromatic rings. The van der Waals surface area contributed by atoms with E-state index in [4.69, 9.17) is 11.6 Å². The van der Waals surface area contributed by atoms with Gasteiger partial charge >= 0.3 is 0 Å². The molecule has 68 valence electrons. The van der Waals surface area contributed by atoms with Gasteiger partial charge in [0.1, 0.15) is 0 Å². The van der Waals surface area contributed by atoms with E-state index in [1.165, 1.54) is 0 Å². The first kappa shape index (κ1) is 9.03. The van der Waals surface area contributed by atoms with E-state index in [1.54, 1.807) is 0 Å². The first-order valence-corrected chi connectivity index (χ1v) is 5.19. The minimum atomic E-state index is 0.725. The lowest BCUT2D eigenvalue weighted by molar-refractivity contribution is 0.787. The normalized spacial score (nSPS) is 11.0. The van der Waals surface area contributed by atoms with Gasteiger partial charge in [-0.2, -0.15) is 0 Å². The molecule has 1 aromatic carbocycles. The molecule has 0 aliphatic rings. The number of fused-ring (bicyclic) bond motifs is 1. The minimum Gasteiger partial charge on any atom is -0.331 e. The summed E-state index contributed by atoms with van der Waals surface area (Å²) in [6.07, 6.45) is 1.83. The molecule has 0 fully saturated rings. The van der Waals surface area contributed by atoms with Gasteiger partial charge in [0, 0.05) is 11.0 Å². The Balaban J connectivity index is 2.77. The molecule has 0 spiro atoms. The number of imidazole rings is 1. The molecule has 2 nitrogen and oxygen atoms in total. The first-order valence-electron chi connectivity index (χ1n) is 4.02. The molecule has 0 radical (unpaired) electrons. The van der Waals surface area contributed by atoms with Crippen LogP contribution < -0.4 is 0 Å². The van der Waals surface area contributed by atoms with Crippen molar-refractivity contribution in [2.75, 3.05) is 0 Å². The zero-order valence-electron chi connectivity index (χ0n) is 7.09. The van der Waals surface area contributed by atoms with E-state index in [0.29, 0.717) is 0 Å². The van der Waals surface area contributed by atoms with Crippen LogP contribution in [-0.4, -0.2) is 9.55 Å². The van der Waals surface area contributed by atoms with E-state index in [1.807, 2.05) is 18.5 Å². The van der Waals surface area contributed by atoms with Crippen molar-refractivity contribution in [3.63, 3.8) is 0 Å². The molecule has 0 aliphatic carbocycles. The Hall–Kier alpha value is -0.540. The van der Waals surface area contributed by atoms with Crippen LogP contribution in [0.25, 0.3) is 11.0 Å². The van der Waals surface area contributed by atoms with Gasteiger partial charge in [-0.25, -0.2) is 4.98 Å². The number of nitrogens with zero attached hydrogens (tertiary/aromatic N) is 2. The average Bonchev–Trinajstić information content (AvgIpc) is 2.48. The highest BCUT2D eigenvalue weighted by atomic mass is 79.9. The van der Waals surface area contributed by atoms with Crippen molar-refractivity contribution in [1.82, 2.24) is 9.55 Å². The number of rotatable bonds is 1. The maximum atomic E-state index is 5.99. The first-order chi connectivity index (χ1) is 6.22. The van der Waals surface area contributed by atoms with Crippen molar-refractivity contribution in [2.24, 2.45) is 0 Å². The van der Waals surface area contributed by atoms with Crippen LogP contribution in [0.15, 0.2) is 22.9 Å². The smallest absolute Gasteiger partial charge is 0.0958 e. The molecule has 0 saturated carbocycles. The van der Waals surface area contributed by atoms with Gasteiger partial charge in [0.2, 0.25) is 0 Å². The van der Waals surface area contributed by atoms with Gasteiger partial charge in [0.15, 0.2) is 0 Å². The number of halogens is 2. The topological polar surface area (TPSA) is 17.8 Å². The molecule has 0 N–H and O–H groups in total. The number of hydrogen-bond acceptors (Lipinski definition) is 1. The van der Waals surface area contributed by atoms with Crippen LogP contribution in [0.4, 0.5) is 0 Å². The average molecular weight is 260 g/mol. The second kappa shape index (κ2) is 3.31. The van der Waals surface area contributed by atoms with E-state index >= 15 is 0 Å². The minimum absolute atomic E-state index is 0.725. The van der Waals surface area contributed by atoms with Gasteiger partial charge < -0.3 is 4.57 Å². The predicted octanol–water partition coefficient (Wildman–Crippen LogP) is 3.47. The largest absolute Gasteiger partial charge is 0.331 e. The third kappa shape index (κ3) is 1.46. The standard InChI is InChI=1S/C9H8BrClN2/c1-2-13-5-12-8-3-6(10)7(11)4-9(8)13/h3-5H,2H2,1H3. The Kier molecular flexibility index (Phi) is 2.30. The Labute approximate surface area is 89.7 Å². The fourth-order valence-corrected chi connectivity index (χ4v) is 1.79. The molecule has 1 heterocycles. The molecule has 0 amide bonds. The molecule has 13 heavy (non-hydrogen) atoms. The Morgan fingerprint density at radius 2 is 2.31 bits per heavy atom. The SMILES string of the molecule is CCn1cnc2cc(Br)c(Cl)cc21. The maximum absolute atomic E-state index is 5.99. The zero-order chi connectivity index (χ0) is 9.42. The predicted molar refractivity (Wildman–Crippen MR) is 58.1 cm³/mol. The van der Waals surface area contributed by atoms with Gasteiger partial charge in [-0.1, -0.05) is 11.6 Å². The van der Waals surface area contributed by atoms with E-state index in [2.05, 4.69) is 32.4 Å². The summed E-state index contributed by atoms with van der Waals surface area (Å²) >= 11 is 9.35. The van der Waals surface area contributed by atoms with Crippen molar-refractivity contribution >= 4 is 38.6 Å². The molecule has 0 unspecified atom stereocenters. The van der Waals surface area contributed by atoms with Crippen LogP contribution in [0, 0.1) is 0 Å². The summed E-state index contributed by atoms with van der Waals surface area (Å²) in [5, 5.41) is 0.725. The Morgan fingerprint density at radius 1 is 1.54 bits per heavy atom. The van der Waals surface area contributed by atoms with E-state index < -0.39 is 0 Å². The van der Waals surface area contributed by atoms with Crippen LogP contribution in [0.1, 0.15) is 6.92 Å². The quantitative estimate of drug-likeness (QED) is 0.767. The fraction of sp³-hybridized carbons (Fsp3) is 0.222. The molecule has 0 saturated heterocycles. The van der Waals surface area contributed by atoms with Crippen molar-refractivity contribution in [2.45, 2.75) is 13.5 Å². The van der Waals surface area contributed by atoms with Gasteiger partial charge in [0.05, 0.1) is 22.4 Å². The molecule has 1 aromatic heterocycles. The van der Waals surface area contributed by atoms with Crippen LogP contribution >= 0.6 is 27.5 Å². The van der Waals surface area contributed by atoms with E-state index in [9.17, 15) is 0 Å². The molecule has 0 aliphatic heterocycles. The van der Waals surface area contributed by atoms with Crippen LogP contribution in [0.2, 0.25) is 5.02 Å². The van der Waals surface area contributed by atoms with Crippen molar-refractivity contribution < 1.29 is 0 Å². The number of hydrogen-bond donors (Lipinski definition) is 0. The van der Waals surface area contributed by atoms with E-state index in [0.717, 1.165) is 27.1 Å². The number of aromatic nitrogens is 2. The highest BCUT2D eigenvalue weighted by molar-refractivity contribution is 9.10. The Bertz CT molecular complexity index is 450. The molecular formula is C9H8BrClN2. The molecule has 4 heteroatoms. The summed E-state index contributed by atoms with van der Waals surface area (Å²) in [4.78, 5) is 4.27. The highest BCUT2D eigenvalue weighted by Gasteiger charge is 2.04. The molecule has 0 atom stereocenters. The van der Waals surface area contributed by atoms with Crippen LogP contribution in [-0.2, 0) is 6.54 Å². The lowest BCUT2D eigenvalue weighted by atomic mass is 10.3. The van der Waals surface area contributed by atoms with Crippen molar-refractivity contribution in [1.29, 1.82) is 0 Å². The summed E-state index contributed by atoms with van der Waals surface area (Å²) in [6, 6.07) is 3.86. The molecule has 0 bridgehead atoms. The summed E-state index contributed by atoms with van der Waals surface area (Å²) in [5.41, 5.74) is 2.05. The fourth-order valence-electron chi connectivity index (χ4n) is 1.31.